The van der Waals surface area contributed by atoms with E-state index in [9.17, 15) is 13.2 Å². The molecular formula is C11H14N2O3S. The number of benzene rings is 1. The zero-order valence-corrected chi connectivity index (χ0v) is 10.1. The van der Waals surface area contributed by atoms with Crippen molar-refractivity contribution < 1.29 is 13.2 Å². The molecule has 6 heteroatoms. The molecule has 1 fully saturated rings. The van der Waals surface area contributed by atoms with Gasteiger partial charge in [0.15, 0.2) is 9.84 Å². The minimum atomic E-state index is -2.96. The van der Waals surface area contributed by atoms with Crippen LogP contribution in [0.5, 0.6) is 0 Å². The Hall–Kier alpha value is -1.56. The Labute approximate surface area is 100 Å². The number of rotatable bonds is 1. The van der Waals surface area contributed by atoms with Gasteiger partial charge in [0, 0.05) is 24.3 Å². The third kappa shape index (κ3) is 2.76. The molecule has 0 unspecified atom stereocenters. The van der Waals surface area contributed by atoms with Gasteiger partial charge >= 0.3 is 0 Å². The van der Waals surface area contributed by atoms with Gasteiger partial charge in [-0.1, -0.05) is 6.07 Å². The highest BCUT2D eigenvalue weighted by Gasteiger charge is 2.25. The lowest BCUT2D eigenvalue weighted by Crippen LogP contribution is -2.43. The fourth-order valence-electron chi connectivity index (χ4n) is 1.77. The van der Waals surface area contributed by atoms with E-state index < -0.39 is 9.84 Å². The highest BCUT2D eigenvalue weighted by atomic mass is 32.2. The fraction of sp³-hybridized carbons (Fsp3) is 0.364. The average Bonchev–Trinajstić information content (AvgIpc) is 2.28. The average molecular weight is 254 g/mol. The Morgan fingerprint density at radius 1 is 1.24 bits per heavy atom. The predicted octanol–water partition coefficient (Wildman–Crippen LogP) is 0.139. The molecule has 1 heterocycles. The molecule has 0 spiro atoms. The Morgan fingerprint density at radius 3 is 2.47 bits per heavy atom. The molecule has 1 amide bonds. The largest absolute Gasteiger partial charge is 0.399 e. The zero-order chi connectivity index (χ0) is 12.5. The first-order valence-corrected chi connectivity index (χ1v) is 7.15. The van der Waals surface area contributed by atoms with Gasteiger partial charge in [-0.25, -0.2) is 8.42 Å². The Bertz CT molecular complexity index is 525. The second kappa shape index (κ2) is 4.37. The molecule has 1 saturated heterocycles. The summed E-state index contributed by atoms with van der Waals surface area (Å²) in [5.41, 5.74) is 6.63. The zero-order valence-electron chi connectivity index (χ0n) is 9.30. The summed E-state index contributed by atoms with van der Waals surface area (Å²) in [5, 5.41) is 0. The molecule has 0 atom stereocenters. The third-order valence-electron chi connectivity index (χ3n) is 2.77. The van der Waals surface area contributed by atoms with Crippen LogP contribution >= 0.6 is 0 Å². The molecule has 17 heavy (non-hydrogen) atoms. The smallest absolute Gasteiger partial charge is 0.253 e. The van der Waals surface area contributed by atoms with Crippen molar-refractivity contribution in [2.75, 3.05) is 30.3 Å². The monoisotopic (exact) mass is 254 g/mol. The van der Waals surface area contributed by atoms with Crippen molar-refractivity contribution in [3.05, 3.63) is 29.8 Å². The number of hydrogen-bond donors (Lipinski definition) is 1. The van der Waals surface area contributed by atoms with Crippen molar-refractivity contribution >= 4 is 21.4 Å². The van der Waals surface area contributed by atoms with Gasteiger partial charge < -0.3 is 10.6 Å². The molecule has 0 bridgehead atoms. The van der Waals surface area contributed by atoms with E-state index >= 15 is 0 Å². The summed E-state index contributed by atoms with van der Waals surface area (Å²) in [4.78, 5) is 13.6. The number of anilines is 1. The SMILES string of the molecule is Nc1cccc(C(=O)N2CCS(=O)(=O)CC2)c1. The van der Waals surface area contributed by atoms with Gasteiger partial charge in [0.05, 0.1) is 11.5 Å². The van der Waals surface area contributed by atoms with E-state index in [0.717, 1.165) is 0 Å². The summed E-state index contributed by atoms with van der Waals surface area (Å²) >= 11 is 0. The van der Waals surface area contributed by atoms with Crippen molar-refractivity contribution in [3.63, 3.8) is 0 Å². The van der Waals surface area contributed by atoms with Crippen molar-refractivity contribution in [1.82, 2.24) is 4.90 Å². The van der Waals surface area contributed by atoms with Crippen LogP contribution in [0.2, 0.25) is 0 Å². The Kier molecular flexibility index (Phi) is 3.06. The van der Waals surface area contributed by atoms with Crippen LogP contribution in [-0.2, 0) is 9.84 Å². The molecule has 2 N–H and O–H groups in total. The number of carbonyl (C=O) groups excluding carboxylic acids is 1. The fourth-order valence-corrected chi connectivity index (χ4v) is 2.97. The lowest BCUT2D eigenvalue weighted by molar-refractivity contribution is 0.0770. The standard InChI is InChI=1S/C11H14N2O3S/c12-10-3-1-2-9(8-10)11(14)13-4-6-17(15,16)7-5-13/h1-3,8H,4-7,12H2. The first kappa shape index (κ1) is 11.9. The van der Waals surface area contributed by atoms with E-state index in [1.807, 2.05) is 0 Å². The van der Waals surface area contributed by atoms with Gasteiger partial charge in [0.2, 0.25) is 0 Å². The minimum absolute atomic E-state index is 0.0427. The normalized spacial score (nSPS) is 18.9. The Morgan fingerprint density at radius 2 is 1.88 bits per heavy atom. The van der Waals surface area contributed by atoms with Gasteiger partial charge in [0.25, 0.3) is 5.91 Å². The van der Waals surface area contributed by atoms with Gasteiger partial charge in [0.1, 0.15) is 0 Å². The maximum atomic E-state index is 12.0. The number of sulfone groups is 1. The summed E-state index contributed by atoms with van der Waals surface area (Å²) in [7, 11) is -2.96. The molecule has 0 radical (unpaired) electrons. The van der Waals surface area contributed by atoms with Crippen molar-refractivity contribution in [2.24, 2.45) is 0 Å². The van der Waals surface area contributed by atoms with Crippen molar-refractivity contribution in [1.29, 1.82) is 0 Å². The van der Waals surface area contributed by atoms with E-state index in [4.69, 9.17) is 5.73 Å². The number of nitrogens with two attached hydrogens (primary N) is 1. The first-order valence-electron chi connectivity index (χ1n) is 5.33. The van der Waals surface area contributed by atoms with Crippen LogP contribution in [-0.4, -0.2) is 43.8 Å². The second-order valence-electron chi connectivity index (χ2n) is 4.07. The van der Waals surface area contributed by atoms with Crippen LogP contribution < -0.4 is 5.73 Å². The molecule has 0 aliphatic carbocycles. The van der Waals surface area contributed by atoms with E-state index in [-0.39, 0.29) is 30.5 Å². The van der Waals surface area contributed by atoms with Crippen LogP contribution in [0.15, 0.2) is 24.3 Å². The maximum absolute atomic E-state index is 12.0. The van der Waals surface area contributed by atoms with E-state index in [2.05, 4.69) is 0 Å². The molecule has 1 aliphatic rings. The third-order valence-corrected chi connectivity index (χ3v) is 4.37. The molecule has 1 aromatic carbocycles. The number of hydrogen-bond acceptors (Lipinski definition) is 4. The molecular weight excluding hydrogens is 240 g/mol. The summed E-state index contributed by atoms with van der Waals surface area (Å²) in [5.74, 6) is -0.0746. The van der Waals surface area contributed by atoms with E-state index in [1.165, 1.54) is 0 Å². The van der Waals surface area contributed by atoms with Crippen LogP contribution in [0.4, 0.5) is 5.69 Å². The summed E-state index contributed by atoms with van der Waals surface area (Å²) in [6.45, 7) is 0.520. The van der Waals surface area contributed by atoms with E-state index in [0.29, 0.717) is 11.3 Å². The molecule has 0 saturated carbocycles. The second-order valence-corrected chi connectivity index (χ2v) is 6.37. The molecule has 0 aromatic heterocycles. The number of carbonyl (C=O) groups is 1. The number of amides is 1. The van der Waals surface area contributed by atoms with Gasteiger partial charge in [-0.15, -0.1) is 0 Å². The first-order chi connectivity index (χ1) is 7.98. The quantitative estimate of drug-likeness (QED) is 0.723. The van der Waals surface area contributed by atoms with Gasteiger partial charge in [-0.3, -0.25) is 4.79 Å². The highest BCUT2D eigenvalue weighted by molar-refractivity contribution is 7.91. The molecule has 5 nitrogen and oxygen atoms in total. The van der Waals surface area contributed by atoms with E-state index in [1.54, 1.807) is 29.2 Å². The maximum Gasteiger partial charge on any atom is 0.253 e. The Balaban J connectivity index is 2.12. The lowest BCUT2D eigenvalue weighted by Gasteiger charge is -2.26. The summed E-state index contributed by atoms with van der Waals surface area (Å²) in [6.07, 6.45) is 0. The lowest BCUT2D eigenvalue weighted by atomic mass is 10.2. The molecule has 1 aliphatic heterocycles. The van der Waals surface area contributed by atoms with Gasteiger partial charge in [-0.05, 0) is 18.2 Å². The number of nitrogen functional groups attached to an aromatic ring is 1. The van der Waals surface area contributed by atoms with Crippen LogP contribution in [0.3, 0.4) is 0 Å². The van der Waals surface area contributed by atoms with Crippen molar-refractivity contribution in [3.8, 4) is 0 Å². The van der Waals surface area contributed by atoms with Crippen molar-refractivity contribution in [2.45, 2.75) is 0 Å². The molecule has 2 rings (SSSR count). The van der Waals surface area contributed by atoms with Crippen LogP contribution in [0.25, 0.3) is 0 Å². The van der Waals surface area contributed by atoms with Crippen LogP contribution in [0.1, 0.15) is 10.4 Å². The predicted molar refractivity (Wildman–Crippen MR) is 65.4 cm³/mol. The summed E-state index contributed by atoms with van der Waals surface area (Å²) in [6, 6.07) is 6.70. The molecule has 92 valence electrons. The minimum Gasteiger partial charge on any atom is -0.399 e. The summed E-state index contributed by atoms with van der Waals surface area (Å²) < 4.78 is 22.5. The topological polar surface area (TPSA) is 80.5 Å². The van der Waals surface area contributed by atoms with Gasteiger partial charge in [-0.2, -0.15) is 0 Å². The molecule has 1 aromatic rings. The van der Waals surface area contributed by atoms with Crippen LogP contribution in [0, 0.1) is 0 Å². The number of nitrogens with zero attached hydrogens (tertiary/aromatic N) is 1. The highest BCUT2D eigenvalue weighted by Crippen LogP contribution is 2.12.